The molecule has 0 saturated carbocycles. The van der Waals surface area contributed by atoms with Crippen molar-refractivity contribution in [2.75, 3.05) is 19.8 Å². The lowest BCUT2D eigenvalue weighted by Gasteiger charge is -2.45. The Morgan fingerprint density at radius 2 is 1.68 bits per heavy atom. The van der Waals surface area contributed by atoms with Gasteiger partial charge in [-0.1, -0.05) is 6.58 Å². The third kappa shape index (κ3) is 4.21. The summed E-state index contributed by atoms with van der Waals surface area (Å²) in [6.07, 6.45) is -10.9. The van der Waals surface area contributed by atoms with E-state index in [0.29, 0.717) is 0 Å². The Morgan fingerprint density at radius 3 is 2.14 bits per heavy atom. The molecule has 0 unspecified atom stereocenters. The first-order valence-electron chi connectivity index (χ1n) is 8.64. The Balaban J connectivity index is 2.25. The number of rotatable bonds is 7. The van der Waals surface area contributed by atoms with Crippen molar-refractivity contribution in [3.8, 4) is 0 Å². The lowest BCUT2D eigenvalue weighted by atomic mass is 9.95. The van der Waals surface area contributed by atoms with Crippen LogP contribution in [0.3, 0.4) is 0 Å². The van der Waals surface area contributed by atoms with Gasteiger partial charge in [-0.05, 0) is 6.92 Å². The molecule has 2 rings (SSSR count). The number of nitrogens with one attached hydrogen (secondary N) is 1. The average Bonchev–Trinajstić information content (AvgIpc) is 2.92. The zero-order chi connectivity index (χ0) is 21.2. The summed E-state index contributed by atoms with van der Waals surface area (Å²) in [6, 6.07) is -1.35. The molecular weight excluding hydrogens is 382 g/mol. The molecular formula is C16H27NO11. The van der Waals surface area contributed by atoms with Crippen molar-refractivity contribution in [3.63, 3.8) is 0 Å². The van der Waals surface area contributed by atoms with Crippen molar-refractivity contribution in [2.24, 2.45) is 0 Å². The lowest BCUT2D eigenvalue weighted by molar-refractivity contribution is -0.375. The molecule has 0 aromatic rings. The summed E-state index contributed by atoms with van der Waals surface area (Å²) in [6.45, 7) is 2.48. The average molecular weight is 409 g/mol. The normalized spacial score (nSPS) is 43.7. The van der Waals surface area contributed by atoms with Crippen molar-refractivity contribution in [3.05, 3.63) is 12.2 Å². The van der Waals surface area contributed by atoms with E-state index in [9.17, 15) is 40.5 Å². The van der Waals surface area contributed by atoms with Gasteiger partial charge < -0.3 is 55.3 Å². The van der Waals surface area contributed by atoms with Crippen LogP contribution in [0.1, 0.15) is 6.92 Å². The van der Waals surface area contributed by atoms with E-state index in [1.807, 2.05) is 0 Å². The van der Waals surface area contributed by atoms with Crippen LogP contribution in [0.15, 0.2) is 12.2 Å². The van der Waals surface area contributed by atoms with Crippen molar-refractivity contribution in [2.45, 2.75) is 61.7 Å². The summed E-state index contributed by atoms with van der Waals surface area (Å²) < 4.78 is 15.9. The van der Waals surface area contributed by atoms with Gasteiger partial charge in [0.1, 0.15) is 43.2 Å². The number of hydrogen-bond acceptors (Lipinski definition) is 11. The zero-order valence-electron chi connectivity index (χ0n) is 15.2. The van der Waals surface area contributed by atoms with Gasteiger partial charge in [0, 0.05) is 5.57 Å². The number of aliphatic hydroxyl groups is 7. The van der Waals surface area contributed by atoms with Crippen LogP contribution in [0.2, 0.25) is 0 Å². The molecule has 2 aliphatic heterocycles. The van der Waals surface area contributed by atoms with E-state index in [0.717, 1.165) is 0 Å². The minimum atomic E-state index is -2.26. The maximum absolute atomic E-state index is 11.9. The first-order valence-corrected chi connectivity index (χ1v) is 8.64. The quantitative estimate of drug-likeness (QED) is 0.188. The highest BCUT2D eigenvalue weighted by atomic mass is 16.8. The molecule has 0 bridgehead atoms. The van der Waals surface area contributed by atoms with Gasteiger partial charge in [-0.25, -0.2) is 0 Å². The molecule has 2 aliphatic rings. The number of ether oxygens (including phenoxy) is 3. The first kappa shape index (κ1) is 23.1. The van der Waals surface area contributed by atoms with Gasteiger partial charge in [-0.2, -0.15) is 0 Å². The van der Waals surface area contributed by atoms with Gasteiger partial charge in [0.25, 0.3) is 0 Å². The fraction of sp³-hybridized carbons (Fsp3) is 0.812. The number of hydrogen-bond donors (Lipinski definition) is 8. The maximum Gasteiger partial charge on any atom is 0.246 e. The van der Waals surface area contributed by atoms with Crippen molar-refractivity contribution in [1.29, 1.82) is 0 Å². The molecule has 2 fully saturated rings. The molecule has 2 heterocycles. The predicted molar refractivity (Wildman–Crippen MR) is 89.4 cm³/mol. The van der Waals surface area contributed by atoms with E-state index in [4.69, 9.17) is 14.2 Å². The molecule has 28 heavy (non-hydrogen) atoms. The molecule has 0 radical (unpaired) electrons. The van der Waals surface area contributed by atoms with Crippen LogP contribution < -0.4 is 5.32 Å². The van der Waals surface area contributed by atoms with Gasteiger partial charge in [0.15, 0.2) is 6.29 Å². The molecule has 162 valence electrons. The highest BCUT2D eigenvalue weighted by molar-refractivity contribution is 5.92. The Kier molecular flexibility index (Phi) is 7.50. The Morgan fingerprint density at radius 1 is 1.07 bits per heavy atom. The fourth-order valence-electron chi connectivity index (χ4n) is 3.10. The van der Waals surface area contributed by atoms with Gasteiger partial charge in [-0.3, -0.25) is 4.79 Å². The summed E-state index contributed by atoms with van der Waals surface area (Å²) in [5.74, 6) is -2.94. The van der Waals surface area contributed by atoms with Crippen LogP contribution in [-0.4, -0.2) is 116 Å². The highest BCUT2D eigenvalue weighted by Gasteiger charge is 2.58. The van der Waals surface area contributed by atoms with Crippen molar-refractivity contribution < 1.29 is 54.8 Å². The molecule has 1 amide bonds. The van der Waals surface area contributed by atoms with Gasteiger partial charge in [-0.15, -0.1) is 0 Å². The van der Waals surface area contributed by atoms with Crippen LogP contribution in [0.25, 0.3) is 0 Å². The monoisotopic (exact) mass is 409 g/mol. The van der Waals surface area contributed by atoms with Crippen LogP contribution in [0, 0.1) is 0 Å². The number of amides is 1. The second-order valence-corrected chi connectivity index (χ2v) is 6.85. The number of aliphatic hydroxyl groups excluding tert-OH is 7. The van der Waals surface area contributed by atoms with Crippen molar-refractivity contribution in [1.82, 2.24) is 5.32 Å². The van der Waals surface area contributed by atoms with Crippen LogP contribution >= 0.6 is 0 Å². The Bertz CT molecular complexity index is 575. The maximum atomic E-state index is 11.9. The fourth-order valence-corrected chi connectivity index (χ4v) is 3.10. The van der Waals surface area contributed by atoms with Crippen LogP contribution in [0.4, 0.5) is 0 Å². The smallest absolute Gasteiger partial charge is 0.246 e. The topological polar surface area (TPSA) is 198 Å². The van der Waals surface area contributed by atoms with E-state index in [2.05, 4.69) is 11.9 Å². The number of carbonyl (C=O) groups excluding carboxylic acids is 1. The van der Waals surface area contributed by atoms with E-state index < -0.39 is 80.5 Å². The van der Waals surface area contributed by atoms with E-state index in [-0.39, 0.29) is 5.57 Å². The van der Waals surface area contributed by atoms with Crippen molar-refractivity contribution >= 4 is 5.91 Å². The van der Waals surface area contributed by atoms with Gasteiger partial charge in [0.05, 0.1) is 19.3 Å². The third-order valence-corrected chi connectivity index (χ3v) is 4.79. The Hall–Kier alpha value is -1.19. The minimum Gasteiger partial charge on any atom is -0.394 e. The highest BCUT2D eigenvalue weighted by Crippen LogP contribution is 2.35. The first-order chi connectivity index (χ1) is 13.1. The standard InChI is InChI=1S/C16H27NO11/c1-6(2)14(25)17-9-10(21)7(3-18)26-15(12(9)23)28-16(5-20)13(24)11(22)8(4-19)27-16/h7-13,15,18-24H,1,3-5H2,2H3,(H,17,25)/t7-,8-,9-,10-,11-,12-,13+,15-,16+/m1/s1. The Labute approximate surface area is 160 Å². The molecule has 0 aromatic heterocycles. The van der Waals surface area contributed by atoms with Gasteiger partial charge in [0.2, 0.25) is 11.7 Å². The largest absolute Gasteiger partial charge is 0.394 e. The number of carbonyl (C=O) groups is 1. The molecule has 9 atom stereocenters. The molecule has 0 aromatic carbocycles. The summed E-state index contributed by atoms with van der Waals surface area (Å²) in [4.78, 5) is 11.9. The summed E-state index contributed by atoms with van der Waals surface area (Å²) in [7, 11) is 0. The molecule has 0 aliphatic carbocycles. The van der Waals surface area contributed by atoms with Gasteiger partial charge >= 0.3 is 0 Å². The van der Waals surface area contributed by atoms with Crippen LogP contribution in [0.5, 0.6) is 0 Å². The molecule has 8 N–H and O–H groups in total. The predicted octanol–water partition coefficient (Wildman–Crippen LogP) is -4.70. The second-order valence-electron chi connectivity index (χ2n) is 6.85. The lowest BCUT2D eigenvalue weighted by Crippen LogP contribution is -2.67. The molecule has 2 saturated heterocycles. The van der Waals surface area contributed by atoms with E-state index in [1.165, 1.54) is 6.92 Å². The SMILES string of the molecule is C=C(C)C(=O)N[C@H]1[C@@H](O)[C@@H](O[C@]2(CO)O[C@H](CO)[C@@H](O)[C@@H]2O)O[C@H](CO)[C@H]1O. The third-order valence-electron chi connectivity index (χ3n) is 4.79. The van der Waals surface area contributed by atoms with E-state index in [1.54, 1.807) is 0 Å². The van der Waals surface area contributed by atoms with Crippen LogP contribution in [-0.2, 0) is 19.0 Å². The summed E-state index contributed by atoms with van der Waals surface area (Å²) in [5.41, 5.74) is 0.0965. The second kappa shape index (κ2) is 9.09. The summed E-state index contributed by atoms with van der Waals surface area (Å²) >= 11 is 0. The molecule has 12 heteroatoms. The van der Waals surface area contributed by atoms with E-state index >= 15 is 0 Å². The summed E-state index contributed by atoms with van der Waals surface area (Å²) in [5, 5.41) is 71.5. The zero-order valence-corrected chi connectivity index (χ0v) is 15.2. The minimum absolute atomic E-state index is 0.0965. The molecule has 12 nitrogen and oxygen atoms in total. The molecule has 0 spiro atoms.